The number of aryl methyl sites for hydroxylation is 1. The molecule has 114 valence electrons. The van der Waals surface area contributed by atoms with E-state index in [-0.39, 0.29) is 0 Å². The lowest BCUT2D eigenvalue weighted by atomic mass is 10.3. The molecular formula is C16H21ClN2O2. The van der Waals surface area contributed by atoms with Gasteiger partial charge in [-0.1, -0.05) is 0 Å². The minimum atomic E-state index is 0.573. The number of hydrogen-bond donors (Lipinski definition) is 0. The van der Waals surface area contributed by atoms with Crippen molar-refractivity contribution >= 4 is 22.6 Å². The molecule has 0 amide bonds. The quantitative estimate of drug-likeness (QED) is 0.555. The highest BCUT2D eigenvalue weighted by molar-refractivity contribution is 6.17. The first-order valence-electron chi connectivity index (χ1n) is 7.48. The summed E-state index contributed by atoms with van der Waals surface area (Å²) < 4.78 is 13.3. The molecule has 1 aromatic carbocycles. The summed E-state index contributed by atoms with van der Waals surface area (Å²) in [5, 5.41) is 0. The second kappa shape index (κ2) is 6.67. The average molecular weight is 309 g/mol. The van der Waals surface area contributed by atoms with Gasteiger partial charge in [-0.15, -0.1) is 11.6 Å². The highest BCUT2D eigenvalue weighted by atomic mass is 35.5. The van der Waals surface area contributed by atoms with Gasteiger partial charge in [0.2, 0.25) is 0 Å². The zero-order valence-corrected chi connectivity index (χ0v) is 13.1. The minimum absolute atomic E-state index is 0.573. The second-order valence-corrected chi connectivity index (χ2v) is 5.87. The lowest BCUT2D eigenvalue weighted by Gasteiger charge is -2.09. The van der Waals surface area contributed by atoms with E-state index in [2.05, 4.69) is 9.55 Å². The Balaban J connectivity index is 1.78. The van der Waals surface area contributed by atoms with Crippen molar-refractivity contribution in [3.8, 4) is 5.75 Å². The molecule has 1 fully saturated rings. The van der Waals surface area contributed by atoms with E-state index in [0.717, 1.165) is 48.1 Å². The van der Waals surface area contributed by atoms with Gasteiger partial charge in [0, 0.05) is 31.5 Å². The molecule has 0 atom stereocenters. The molecule has 0 saturated heterocycles. The molecular weight excluding hydrogens is 288 g/mol. The van der Waals surface area contributed by atoms with Crippen molar-refractivity contribution in [1.82, 2.24) is 9.55 Å². The number of ether oxygens (including phenoxy) is 2. The van der Waals surface area contributed by atoms with Crippen LogP contribution in [0.2, 0.25) is 0 Å². The van der Waals surface area contributed by atoms with E-state index in [1.165, 1.54) is 12.8 Å². The molecule has 1 aliphatic rings. The fraction of sp³-hybridized carbons (Fsp3) is 0.562. The van der Waals surface area contributed by atoms with Crippen molar-refractivity contribution in [2.45, 2.75) is 25.8 Å². The predicted octanol–water partition coefficient (Wildman–Crippen LogP) is 3.25. The Morgan fingerprint density at radius 3 is 2.95 bits per heavy atom. The number of methoxy groups -OCH3 is 1. The maximum absolute atomic E-state index is 5.90. The number of benzene rings is 1. The van der Waals surface area contributed by atoms with Gasteiger partial charge in [0.15, 0.2) is 0 Å². The second-order valence-electron chi connectivity index (χ2n) is 5.49. The Morgan fingerprint density at radius 2 is 2.24 bits per heavy atom. The van der Waals surface area contributed by atoms with E-state index in [1.807, 2.05) is 18.2 Å². The molecule has 3 rings (SSSR count). The van der Waals surface area contributed by atoms with Gasteiger partial charge in [-0.25, -0.2) is 4.98 Å². The fourth-order valence-corrected chi connectivity index (χ4v) is 2.66. The Kier molecular flexibility index (Phi) is 4.66. The molecule has 1 aliphatic carbocycles. The molecule has 4 nitrogen and oxygen atoms in total. The van der Waals surface area contributed by atoms with Crippen LogP contribution in [-0.2, 0) is 17.7 Å². The summed E-state index contributed by atoms with van der Waals surface area (Å²) >= 11 is 5.90. The van der Waals surface area contributed by atoms with Gasteiger partial charge >= 0.3 is 0 Å². The highest BCUT2D eigenvalue weighted by Crippen LogP contribution is 2.29. The molecule has 0 aliphatic heterocycles. The van der Waals surface area contributed by atoms with E-state index in [4.69, 9.17) is 21.1 Å². The number of fused-ring (bicyclic) bond motifs is 1. The Morgan fingerprint density at radius 1 is 1.38 bits per heavy atom. The minimum Gasteiger partial charge on any atom is -0.497 e. The van der Waals surface area contributed by atoms with E-state index in [0.29, 0.717) is 12.5 Å². The third kappa shape index (κ3) is 3.50. The van der Waals surface area contributed by atoms with Crippen LogP contribution in [0.15, 0.2) is 18.2 Å². The van der Waals surface area contributed by atoms with E-state index >= 15 is 0 Å². The summed E-state index contributed by atoms with van der Waals surface area (Å²) in [7, 11) is 1.68. The van der Waals surface area contributed by atoms with Gasteiger partial charge in [0.05, 0.1) is 24.8 Å². The summed E-state index contributed by atoms with van der Waals surface area (Å²) in [4.78, 5) is 4.67. The summed E-state index contributed by atoms with van der Waals surface area (Å²) in [6, 6.07) is 5.96. The summed E-state index contributed by atoms with van der Waals surface area (Å²) in [5.41, 5.74) is 2.07. The van der Waals surface area contributed by atoms with Crippen LogP contribution in [0.1, 0.15) is 18.7 Å². The largest absolute Gasteiger partial charge is 0.497 e. The Bertz CT molecular complexity index is 608. The number of alkyl halides is 1. The van der Waals surface area contributed by atoms with Crippen LogP contribution in [0, 0.1) is 5.92 Å². The van der Waals surface area contributed by atoms with E-state index in [9.17, 15) is 0 Å². The zero-order valence-electron chi connectivity index (χ0n) is 12.3. The third-order valence-electron chi connectivity index (χ3n) is 3.86. The van der Waals surface area contributed by atoms with Crippen molar-refractivity contribution in [3.63, 3.8) is 0 Å². The fourth-order valence-electron chi connectivity index (χ4n) is 2.49. The highest BCUT2D eigenvalue weighted by Gasteiger charge is 2.21. The SMILES string of the molecule is COc1ccc2nc(CCCl)n(CCOCC3CC3)c2c1. The van der Waals surface area contributed by atoms with Crippen molar-refractivity contribution in [2.75, 3.05) is 26.2 Å². The summed E-state index contributed by atoms with van der Waals surface area (Å²) in [5.74, 6) is 3.24. The molecule has 0 radical (unpaired) electrons. The number of rotatable bonds is 8. The Hall–Kier alpha value is -1.26. The number of aromatic nitrogens is 2. The summed E-state index contributed by atoms with van der Waals surface area (Å²) in [6.07, 6.45) is 3.41. The first-order chi connectivity index (χ1) is 10.3. The zero-order chi connectivity index (χ0) is 14.7. The first-order valence-corrected chi connectivity index (χ1v) is 8.02. The lowest BCUT2D eigenvalue weighted by Crippen LogP contribution is -2.11. The standard InChI is InChI=1S/C16H21ClN2O2/c1-20-13-4-5-14-15(10-13)19(16(18-14)6-7-17)8-9-21-11-12-2-3-12/h4-5,10,12H,2-3,6-9,11H2,1H3. The van der Waals surface area contributed by atoms with E-state index < -0.39 is 0 Å². The molecule has 5 heteroatoms. The van der Waals surface area contributed by atoms with Crippen molar-refractivity contribution in [2.24, 2.45) is 5.92 Å². The molecule has 0 unspecified atom stereocenters. The topological polar surface area (TPSA) is 36.3 Å². The number of hydrogen-bond acceptors (Lipinski definition) is 3. The molecule has 0 N–H and O–H groups in total. The lowest BCUT2D eigenvalue weighted by molar-refractivity contribution is 0.117. The van der Waals surface area contributed by atoms with Gasteiger partial charge in [-0.05, 0) is 30.9 Å². The molecule has 1 saturated carbocycles. The van der Waals surface area contributed by atoms with Crippen LogP contribution < -0.4 is 4.74 Å². The van der Waals surface area contributed by atoms with Crippen LogP contribution >= 0.6 is 11.6 Å². The van der Waals surface area contributed by atoms with Crippen LogP contribution in [0.4, 0.5) is 0 Å². The Labute approximate surface area is 130 Å². The van der Waals surface area contributed by atoms with Crippen molar-refractivity contribution in [3.05, 3.63) is 24.0 Å². The van der Waals surface area contributed by atoms with Gasteiger partial charge in [-0.2, -0.15) is 0 Å². The normalized spacial score (nSPS) is 14.8. The van der Waals surface area contributed by atoms with Gasteiger partial charge in [0.25, 0.3) is 0 Å². The number of nitrogens with zero attached hydrogens (tertiary/aromatic N) is 2. The smallest absolute Gasteiger partial charge is 0.121 e. The molecule has 2 aromatic rings. The van der Waals surface area contributed by atoms with Gasteiger partial charge < -0.3 is 14.0 Å². The third-order valence-corrected chi connectivity index (χ3v) is 4.05. The molecule has 1 heterocycles. The average Bonchev–Trinajstić information content (AvgIpc) is 3.26. The maximum Gasteiger partial charge on any atom is 0.121 e. The molecule has 21 heavy (non-hydrogen) atoms. The first kappa shape index (κ1) is 14.7. The molecule has 0 spiro atoms. The van der Waals surface area contributed by atoms with E-state index in [1.54, 1.807) is 7.11 Å². The van der Waals surface area contributed by atoms with Crippen molar-refractivity contribution < 1.29 is 9.47 Å². The number of imidazole rings is 1. The van der Waals surface area contributed by atoms with Crippen LogP contribution in [0.25, 0.3) is 11.0 Å². The molecule has 0 bridgehead atoms. The van der Waals surface area contributed by atoms with Crippen molar-refractivity contribution in [1.29, 1.82) is 0 Å². The van der Waals surface area contributed by atoms with Crippen LogP contribution in [0.5, 0.6) is 5.75 Å². The van der Waals surface area contributed by atoms with Crippen LogP contribution in [-0.4, -0.2) is 35.8 Å². The maximum atomic E-state index is 5.90. The predicted molar refractivity (Wildman–Crippen MR) is 84.3 cm³/mol. The molecule has 1 aromatic heterocycles. The summed E-state index contributed by atoms with van der Waals surface area (Å²) in [6.45, 7) is 2.41. The van der Waals surface area contributed by atoms with Crippen LogP contribution in [0.3, 0.4) is 0 Å². The monoisotopic (exact) mass is 308 g/mol. The van der Waals surface area contributed by atoms with Gasteiger partial charge in [0.1, 0.15) is 11.6 Å². The van der Waals surface area contributed by atoms with Gasteiger partial charge in [-0.3, -0.25) is 0 Å². The number of halogens is 1.